The molecule has 0 saturated heterocycles. The molecule has 1 aliphatic heterocycles. The molecule has 1 aliphatic rings. The summed E-state index contributed by atoms with van der Waals surface area (Å²) < 4.78 is 30.2. The van der Waals surface area contributed by atoms with Gasteiger partial charge in [0.2, 0.25) is 15.2 Å². The van der Waals surface area contributed by atoms with Gasteiger partial charge in [0.15, 0.2) is 0 Å². The Hall–Kier alpha value is -1.67. The number of rotatable bonds is 3. The standard InChI is InChI=1S/C16H22N4O2S2/c1-16(2,3)14-17-15(23-18-14)20-9-8-12-11(10-20)6-5-7-13(12)19-24(4,21)22/h5-7,19H,8-10H2,1-4H3. The molecule has 0 spiro atoms. The molecular formula is C16H22N4O2S2. The van der Waals surface area contributed by atoms with Crippen LogP contribution in [0.1, 0.15) is 37.7 Å². The number of nitrogens with zero attached hydrogens (tertiary/aromatic N) is 3. The minimum atomic E-state index is -3.27. The van der Waals surface area contributed by atoms with E-state index in [1.807, 2.05) is 18.2 Å². The van der Waals surface area contributed by atoms with Gasteiger partial charge < -0.3 is 4.90 Å². The first-order chi connectivity index (χ1) is 11.1. The van der Waals surface area contributed by atoms with Gasteiger partial charge in [0.1, 0.15) is 5.82 Å². The minimum Gasteiger partial charge on any atom is -0.342 e. The number of fused-ring (bicyclic) bond motifs is 1. The van der Waals surface area contributed by atoms with Crippen molar-refractivity contribution in [2.45, 2.75) is 39.2 Å². The van der Waals surface area contributed by atoms with E-state index in [1.165, 1.54) is 17.8 Å². The van der Waals surface area contributed by atoms with Crippen molar-refractivity contribution in [2.75, 3.05) is 22.4 Å². The topological polar surface area (TPSA) is 75.2 Å². The second kappa shape index (κ2) is 6.00. The molecule has 1 aromatic carbocycles. The first-order valence-corrected chi connectivity index (χ1v) is 10.5. The van der Waals surface area contributed by atoms with Crippen LogP contribution in [0.2, 0.25) is 0 Å². The first-order valence-electron chi connectivity index (χ1n) is 7.81. The van der Waals surface area contributed by atoms with Gasteiger partial charge in [0, 0.05) is 30.0 Å². The quantitative estimate of drug-likeness (QED) is 0.904. The van der Waals surface area contributed by atoms with Gasteiger partial charge in [-0.1, -0.05) is 32.9 Å². The van der Waals surface area contributed by atoms with Crippen LogP contribution in [-0.4, -0.2) is 30.6 Å². The van der Waals surface area contributed by atoms with Crippen LogP contribution >= 0.6 is 11.5 Å². The van der Waals surface area contributed by atoms with Crippen molar-refractivity contribution in [3.05, 3.63) is 35.2 Å². The Morgan fingerprint density at radius 3 is 2.67 bits per heavy atom. The summed E-state index contributed by atoms with van der Waals surface area (Å²) in [5.41, 5.74) is 2.82. The maximum atomic E-state index is 11.5. The Kier molecular flexibility index (Phi) is 4.29. The lowest BCUT2D eigenvalue weighted by atomic mass is 9.96. The van der Waals surface area contributed by atoms with E-state index in [-0.39, 0.29) is 5.41 Å². The van der Waals surface area contributed by atoms with Crippen LogP contribution in [0.4, 0.5) is 10.8 Å². The van der Waals surface area contributed by atoms with E-state index >= 15 is 0 Å². The summed E-state index contributed by atoms with van der Waals surface area (Å²) in [6.45, 7) is 7.83. The molecule has 1 aromatic heterocycles. The highest BCUT2D eigenvalue weighted by Gasteiger charge is 2.25. The third kappa shape index (κ3) is 3.70. The zero-order valence-electron chi connectivity index (χ0n) is 14.3. The number of benzene rings is 1. The normalized spacial score (nSPS) is 15.2. The van der Waals surface area contributed by atoms with Crippen LogP contribution in [0.15, 0.2) is 18.2 Å². The Labute approximate surface area is 147 Å². The highest BCUT2D eigenvalue weighted by atomic mass is 32.2. The third-order valence-electron chi connectivity index (χ3n) is 3.92. The molecule has 0 saturated carbocycles. The van der Waals surface area contributed by atoms with Crippen molar-refractivity contribution in [1.29, 1.82) is 0 Å². The lowest BCUT2D eigenvalue weighted by molar-refractivity contribution is 0.553. The number of hydrogen-bond donors (Lipinski definition) is 1. The molecule has 0 bridgehead atoms. The molecule has 0 radical (unpaired) electrons. The highest BCUT2D eigenvalue weighted by molar-refractivity contribution is 7.92. The summed E-state index contributed by atoms with van der Waals surface area (Å²) in [5, 5.41) is 0.923. The van der Waals surface area contributed by atoms with Gasteiger partial charge >= 0.3 is 0 Å². The van der Waals surface area contributed by atoms with Crippen molar-refractivity contribution in [1.82, 2.24) is 9.36 Å². The lowest BCUT2D eigenvalue weighted by Crippen LogP contribution is -2.31. The van der Waals surface area contributed by atoms with Gasteiger partial charge in [-0.05, 0) is 23.6 Å². The summed E-state index contributed by atoms with van der Waals surface area (Å²) in [6, 6.07) is 5.75. The molecule has 24 heavy (non-hydrogen) atoms. The van der Waals surface area contributed by atoms with Crippen molar-refractivity contribution < 1.29 is 8.42 Å². The average molecular weight is 367 g/mol. The number of sulfonamides is 1. The Morgan fingerprint density at radius 2 is 2.04 bits per heavy atom. The Morgan fingerprint density at radius 1 is 1.29 bits per heavy atom. The van der Waals surface area contributed by atoms with E-state index in [9.17, 15) is 8.42 Å². The summed E-state index contributed by atoms with van der Waals surface area (Å²) in [7, 11) is -3.27. The summed E-state index contributed by atoms with van der Waals surface area (Å²) in [5.74, 6) is 0.862. The highest BCUT2D eigenvalue weighted by Crippen LogP contribution is 2.31. The predicted molar refractivity (Wildman–Crippen MR) is 98.3 cm³/mol. The molecule has 0 atom stereocenters. The predicted octanol–water partition coefficient (Wildman–Crippen LogP) is 2.77. The van der Waals surface area contributed by atoms with Gasteiger partial charge in [-0.3, -0.25) is 4.72 Å². The zero-order valence-corrected chi connectivity index (χ0v) is 16.0. The first kappa shape index (κ1) is 17.2. The molecule has 0 amide bonds. The second-order valence-corrected chi connectivity index (χ2v) is 9.62. The molecule has 0 aliphatic carbocycles. The van der Waals surface area contributed by atoms with E-state index in [0.717, 1.165) is 35.0 Å². The molecule has 0 unspecified atom stereocenters. The van der Waals surface area contributed by atoms with Crippen LogP contribution in [0.25, 0.3) is 0 Å². The van der Waals surface area contributed by atoms with Crippen LogP contribution < -0.4 is 9.62 Å². The molecule has 6 nitrogen and oxygen atoms in total. The van der Waals surface area contributed by atoms with E-state index < -0.39 is 10.0 Å². The van der Waals surface area contributed by atoms with Crippen LogP contribution in [-0.2, 0) is 28.4 Å². The number of nitrogens with one attached hydrogen (secondary N) is 1. The molecule has 130 valence electrons. The van der Waals surface area contributed by atoms with Gasteiger partial charge in [0.25, 0.3) is 0 Å². The van der Waals surface area contributed by atoms with Gasteiger partial charge in [-0.25, -0.2) is 13.4 Å². The maximum Gasteiger partial charge on any atom is 0.229 e. The van der Waals surface area contributed by atoms with Gasteiger partial charge in [-0.15, -0.1) is 0 Å². The largest absolute Gasteiger partial charge is 0.342 e. The SMILES string of the molecule is CC(C)(C)c1nsc(N2CCc3c(cccc3NS(C)(=O)=O)C2)n1. The molecule has 3 rings (SSSR count). The van der Waals surface area contributed by atoms with Crippen molar-refractivity contribution >= 4 is 32.4 Å². The van der Waals surface area contributed by atoms with E-state index in [2.05, 4.69) is 39.8 Å². The number of anilines is 2. The average Bonchev–Trinajstić information content (AvgIpc) is 2.95. The van der Waals surface area contributed by atoms with Crippen LogP contribution in [0, 0.1) is 0 Å². The third-order valence-corrected chi connectivity index (χ3v) is 5.29. The van der Waals surface area contributed by atoms with E-state index in [0.29, 0.717) is 12.2 Å². The lowest BCUT2D eigenvalue weighted by Gasteiger charge is -2.29. The number of aromatic nitrogens is 2. The van der Waals surface area contributed by atoms with Gasteiger partial charge in [-0.2, -0.15) is 4.37 Å². The smallest absolute Gasteiger partial charge is 0.229 e. The summed E-state index contributed by atoms with van der Waals surface area (Å²) >= 11 is 1.43. The maximum absolute atomic E-state index is 11.5. The van der Waals surface area contributed by atoms with Gasteiger partial charge in [0.05, 0.1) is 11.9 Å². The molecule has 2 aromatic rings. The van der Waals surface area contributed by atoms with Crippen LogP contribution in [0.3, 0.4) is 0 Å². The Bertz CT molecular complexity index is 853. The fourth-order valence-electron chi connectivity index (χ4n) is 2.72. The molecule has 2 heterocycles. The monoisotopic (exact) mass is 366 g/mol. The fraction of sp³-hybridized carbons (Fsp3) is 0.500. The van der Waals surface area contributed by atoms with E-state index in [1.54, 1.807) is 0 Å². The molecule has 1 N–H and O–H groups in total. The van der Waals surface area contributed by atoms with Crippen molar-refractivity contribution in [3.63, 3.8) is 0 Å². The zero-order chi connectivity index (χ0) is 17.5. The molecule has 0 fully saturated rings. The molecule has 8 heteroatoms. The molecular weight excluding hydrogens is 344 g/mol. The van der Waals surface area contributed by atoms with E-state index in [4.69, 9.17) is 0 Å². The number of hydrogen-bond acceptors (Lipinski definition) is 6. The Balaban J connectivity index is 1.85. The van der Waals surface area contributed by atoms with Crippen molar-refractivity contribution in [3.8, 4) is 0 Å². The summed E-state index contributed by atoms with van der Waals surface area (Å²) in [4.78, 5) is 6.89. The van der Waals surface area contributed by atoms with Crippen LogP contribution in [0.5, 0.6) is 0 Å². The fourth-order valence-corrected chi connectivity index (χ4v) is 4.19. The van der Waals surface area contributed by atoms with Crippen molar-refractivity contribution in [2.24, 2.45) is 0 Å². The second-order valence-electron chi connectivity index (χ2n) is 7.14. The minimum absolute atomic E-state index is 0.0605. The summed E-state index contributed by atoms with van der Waals surface area (Å²) in [6.07, 6.45) is 1.95.